The van der Waals surface area contributed by atoms with Crippen LogP contribution in [-0.4, -0.2) is 22.2 Å². The van der Waals surface area contributed by atoms with Crippen LogP contribution in [0, 0.1) is 0 Å². The Labute approximate surface area is 117 Å². The molecular formula is C14H14ClN3O. The van der Waals surface area contributed by atoms with Crippen molar-refractivity contribution >= 4 is 11.6 Å². The quantitative estimate of drug-likeness (QED) is 0.863. The summed E-state index contributed by atoms with van der Waals surface area (Å²) in [7, 11) is 1.67. The van der Waals surface area contributed by atoms with Crippen molar-refractivity contribution in [3.63, 3.8) is 0 Å². The molecular weight excluding hydrogens is 262 g/mol. The van der Waals surface area contributed by atoms with E-state index in [1.54, 1.807) is 13.3 Å². The lowest BCUT2D eigenvalue weighted by Crippen LogP contribution is -2.15. The molecule has 1 aliphatic heterocycles. The average Bonchev–Trinajstić information content (AvgIpc) is 2.84. The Hall–Kier alpha value is -1.65. The van der Waals surface area contributed by atoms with Crippen molar-refractivity contribution in [3.8, 4) is 5.75 Å². The van der Waals surface area contributed by atoms with E-state index in [2.05, 4.69) is 27.2 Å². The lowest BCUT2D eigenvalue weighted by atomic mass is 10.2. The van der Waals surface area contributed by atoms with Gasteiger partial charge in [-0.25, -0.2) is 0 Å². The Morgan fingerprint density at radius 2 is 2.05 bits per heavy atom. The summed E-state index contributed by atoms with van der Waals surface area (Å²) in [5.74, 6) is 0.880. The molecule has 0 amide bonds. The molecule has 0 saturated carbocycles. The van der Waals surface area contributed by atoms with E-state index in [0.29, 0.717) is 5.15 Å². The van der Waals surface area contributed by atoms with Gasteiger partial charge in [-0.2, -0.15) is 5.10 Å². The van der Waals surface area contributed by atoms with Gasteiger partial charge in [0.1, 0.15) is 5.75 Å². The molecule has 0 atom stereocenters. The second kappa shape index (κ2) is 5.15. The zero-order chi connectivity index (χ0) is 13.2. The van der Waals surface area contributed by atoms with Crippen LogP contribution in [0.1, 0.15) is 16.7 Å². The van der Waals surface area contributed by atoms with Gasteiger partial charge in [-0.3, -0.25) is 4.90 Å². The summed E-state index contributed by atoms with van der Waals surface area (Å²) in [6.45, 7) is 2.58. The summed E-state index contributed by atoms with van der Waals surface area (Å²) >= 11 is 6.06. The normalized spacial score (nSPS) is 14.4. The maximum absolute atomic E-state index is 6.06. The van der Waals surface area contributed by atoms with Gasteiger partial charge in [-0.15, -0.1) is 5.10 Å². The van der Waals surface area contributed by atoms with Crippen LogP contribution < -0.4 is 4.74 Å². The van der Waals surface area contributed by atoms with Crippen LogP contribution in [0.4, 0.5) is 0 Å². The topological polar surface area (TPSA) is 38.2 Å². The molecule has 0 unspecified atom stereocenters. The lowest BCUT2D eigenvalue weighted by Gasteiger charge is -2.14. The van der Waals surface area contributed by atoms with E-state index in [0.717, 1.165) is 30.9 Å². The number of halogens is 1. The fourth-order valence-corrected chi connectivity index (χ4v) is 2.57. The number of hydrogen-bond donors (Lipinski definition) is 0. The Balaban J connectivity index is 1.71. The van der Waals surface area contributed by atoms with Gasteiger partial charge in [0, 0.05) is 25.2 Å². The lowest BCUT2D eigenvalue weighted by molar-refractivity contribution is 0.275. The fourth-order valence-electron chi connectivity index (χ4n) is 2.34. The number of hydrogen-bond acceptors (Lipinski definition) is 4. The third kappa shape index (κ3) is 2.55. The van der Waals surface area contributed by atoms with Crippen LogP contribution in [-0.2, 0) is 19.6 Å². The first-order chi connectivity index (χ1) is 9.26. The first kappa shape index (κ1) is 12.4. The third-order valence-electron chi connectivity index (χ3n) is 3.34. The first-order valence-electron chi connectivity index (χ1n) is 6.10. The largest absolute Gasteiger partial charge is 0.497 e. The second-order valence-electron chi connectivity index (χ2n) is 4.63. The minimum Gasteiger partial charge on any atom is -0.497 e. The van der Waals surface area contributed by atoms with Crippen LogP contribution in [0.3, 0.4) is 0 Å². The van der Waals surface area contributed by atoms with Crippen molar-refractivity contribution in [2.45, 2.75) is 19.6 Å². The molecule has 5 heteroatoms. The predicted molar refractivity (Wildman–Crippen MR) is 73.0 cm³/mol. The fraction of sp³-hybridized carbons (Fsp3) is 0.286. The van der Waals surface area contributed by atoms with Crippen molar-refractivity contribution < 1.29 is 4.74 Å². The molecule has 1 aromatic heterocycles. The molecule has 98 valence electrons. The standard InChI is InChI=1S/C14H14ClN3O/c1-19-12-4-2-10(3-5-12)7-18-8-11-6-16-17-14(15)13(11)9-18/h2-6H,7-9H2,1H3. The summed E-state index contributed by atoms with van der Waals surface area (Å²) in [5, 5.41) is 8.30. The second-order valence-corrected chi connectivity index (χ2v) is 4.99. The van der Waals surface area contributed by atoms with Crippen molar-refractivity contribution in [3.05, 3.63) is 52.3 Å². The van der Waals surface area contributed by atoms with Gasteiger partial charge in [-0.05, 0) is 23.3 Å². The number of fused-ring (bicyclic) bond motifs is 1. The highest BCUT2D eigenvalue weighted by Crippen LogP contribution is 2.27. The van der Waals surface area contributed by atoms with E-state index in [1.165, 1.54) is 11.1 Å². The predicted octanol–water partition coefficient (Wildman–Crippen LogP) is 2.65. The van der Waals surface area contributed by atoms with Crippen LogP contribution in [0.25, 0.3) is 0 Å². The zero-order valence-electron chi connectivity index (χ0n) is 10.6. The number of methoxy groups -OCH3 is 1. The molecule has 0 bridgehead atoms. The van der Waals surface area contributed by atoms with E-state index in [4.69, 9.17) is 16.3 Å². The number of rotatable bonds is 3. The summed E-state index contributed by atoms with van der Waals surface area (Å²) in [4.78, 5) is 2.32. The summed E-state index contributed by atoms with van der Waals surface area (Å²) < 4.78 is 5.16. The highest BCUT2D eigenvalue weighted by atomic mass is 35.5. The molecule has 3 rings (SSSR count). The summed E-state index contributed by atoms with van der Waals surface area (Å²) in [6, 6.07) is 8.13. The Morgan fingerprint density at radius 1 is 1.26 bits per heavy atom. The highest BCUT2D eigenvalue weighted by Gasteiger charge is 2.22. The minimum atomic E-state index is 0.523. The van der Waals surface area contributed by atoms with Gasteiger partial charge in [0.05, 0.1) is 13.3 Å². The van der Waals surface area contributed by atoms with Gasteiger partial charge in [0.15, 0.2) is 5.15 Å². The Kier molecular flexibility index (Phi) is 3.36. The van der Waals surface area contributed by atoms with E-state index in [9.17, 15) is 0 Å². The number of nitrogens with zero attached hydrogens (tertiary/aromatic N) is 3. The Bertz CT molecular complexity index is 586. The molecule has 2 heterocycles. The summed E-state index contributed by atoms with van der Waals surface area (Å²) in [6.07, 6.45) is 1.80. The SMILES string of the molecule is COc1ccc(CN2Cc3cnnc(Cl)c3C2)cc1. The molecule has 2 aromatic rings. The van der Waals surface area contributed by atoms with E-state index < -0.39 is 0 Å². The van der Waals surface area contributed by atoms with Crippen molar-refractivity contribution in [2.24, 2.45) is 0 Å². The number of aromatic nitrogens is 2. The maximum atomic E-state index is 6.06. The molecule has 0 saturated heterocycles. The third-order valence-corrected chi connectivity index (χ3v) is 3.64. The highest BCUT2D eigenvalue weighted by molar-refractivity contribution is 6.30. The van der Waals surface area contributed by atoms with E-state index in [1.807, 2.05) is 12.1 Å². The van der Waals surface area contributed by atoms with Crippen LogP contribution in [0.15, 0.2) is 30.5 Å². The monoisotopic (exact) mass is 275 g/mol. The molecule has 0 N–H and O–H groups in total. The molecule has 0 spiro atoms. The van der Waals surface area contributed by atoms with Crippen molar-refractivity contribution in [2.75, 3.05) is 7.11 Å². The zero-order valence-corrected chi connectivity index (χ0v) is 11.4. The minimum absolute atomic E-state index is 0.523. The van der Waals surface area contributed by atoms with Gasteiger partial charge < -0.3 is 4.74 Å². The number of benzene rings is 1. The van der Waals surface area contributed by atoms with Crippen molar-refractivity contribution in [1.82, 2.24) is 15.1 Å². The van der Waals surface area contributed by atoms with Crippen LogP contribution >= 0.6 is 11.6 Å². The smallest absolute Gasteiger partial charge is 0.156 e. The van der Waals surface area contributed by atoms with E-state index >= 15 is 0 Å². The Morgan fingerprint density at radius 3 is 2.74 bits per heavy atom. The van der Waals surface area contributed by atoms with Gasteiger partial charge >= 0.3 is 0 Å². The maximum Gasteiger partial charge on any atom is 0.156 e. The van der Waals surface area contributed by atoms with Crippen LogP contribution in [0.2, 0.25) is 5.15 Å². The molecule has 19 heavy (non-hydrogen) atoms. The van der Waals surface area contributed by atoms with Crippen molar-refractivity contribution in [1.29, 1.82) is 0 Å². The van der Waals surface area contributed by atoms with Gasteiger partial charge in [0.25, 0.3) is 0 Å². The average molecular weight is 276 g/mol. The molecule has 0 radical (unpaired) electrons. The van der Waals surface area contributed by atoms with Crippen LogP contribution in [0.5, 0.6) is 5.75 Å². The number of ether oxygens (including phenoxy) is 1. The van der Waals surface area contributed by atoms with Gasteiger partial charge in [-0.1, -0.05) is 23.7 Å². The molecule has 1 aromatic carbocycles. The van der Waals surface area contributed by atoms with E-state index in [-0.39, 0.29) is 0 Å². The molecule has 0 fully saturated rings. The first-order valence-corrected chi connectivity index (χ1v) is 6.48. The molecule has 1 aliphatic rings. The van der Waals surface area contributed by atoms with Gasteiger partial charge in [0.2, 0.25) is 0 Å². The molecule has 4 nitrogen and oxygen atoms in total. The summed E-state index contributed by atoms with van der Waals surface area (Å²) in [5.41, 5.74) is 3.53. The molecule has 0 aliphatic carbocycles.